The largest absolute Gasteiger partial charge is 0.295 e. The van der Waals surface area contributed by atoms with Crippen molar-refractivity contribution in [3.05, 3.63) is 11.6 Å². The number of allylic oxidation sites excluding steroid dienone is 2. The van der Waals surface area contributed by atoms with E-state index < -0.39 is 0 Å². The number of carbonyl (C=O) groups excluding carboxylic acids is 1. The first-order valence-corrected chi connectivity index (χ1v) is 6.63. The van der Waals surface area contributed by atoms with E-state index in [1.807, 2.05) is 6.08 Å². The number of rotatable bonds is 0. The molecule has 0 N–H and O–H groups in total. The van der Waals surface area contributed by atoms with Crippen LogP contribution in [0.5, 0.6) is 0 Å². The SMILES string of the molecule is CC12CC[C@H]3[C@H](CC3(C)C)C(=CC(=O)C1)C2. The Kier molecular flexibility index (Phi) is 1.98. The second-order valence-corrected chi connectivity index (χ2v) is 7.29. The second kappa shape index (κ2) is 3.00. The van der Waals surface area contributed by atoms with E-state index in [1.54, 1.807) is 0 Å². The Morgan fingerprint density at radius 1 is 1.25 bits per heavy atom. The molecule has 0 spiro atoms. The summed E-state index contributed by atoms with van der Waals surface area (Å²) in [4.78, 5) is 11.8. The van der Waals surface area contributed by atoms with E-state index in [0.717, 1.165) is 18.3 Å². The first-order valence-electron chi connectivity index (χ1n) is 6.63. The molecule has 16 heavy (non-hydrogen) atoms. The lowest BCUT2D eigenvalue weighted by Gasteiger charge is -2.52. The molecular formula is C15H22O. The molecule has 0 amide bonds. The number of ketones is 1. The van der Waals surface area contributed by atoms with Crippen LogP contribution >= 0.6 is 0 Å². The minimum atomic E-state index is 0.286. The molecule has 0 aromatic rings. The summed E-state index contributed by atoms with van der Waals surface area (Å²) in [5, 5.41) is 0. The Hall–Kier alpha value is -0.590. The molecule has 1 heteroatoms. The van der Waals surface area contributed by atoms with Crippen molar-refractivity contribution >= 4 is 5.78 Å². The van der Waals surface area contributed by atoms with Crippen LogP contribution in [0.1, 0.15) is 52.9 Å². The fourth-order valence-corrected chi connectivity index (χ4v) is 4.43. The van der Waals surface area contributed by atoms with E-state index in [0.29, 0.717) is 11.2 Å². The van der Waals surface area contributed by atoms with Gasteiger partial charge in [-0.2, -0.15) is 0 Å². The zero-order valence-corrected chi connectivity index (χ0v) is 10.7. The quantitative estimate of drug-likeness (QED) is 0.605. The van der Waals surface area contributed by atoms with E-state index in [4.69, 9.17) is 0 Å². The molecule has 1 unspecified atom stereocenters. The molecule has 0 saturated heterocycles. The van der Waals surface area contributed by atoms with E-state index in [9.17, 15) is 4.79 Å². The van der Waals surface area contributed by atoms with Gasteiger partial charge in [0.15, 0.2) is 5.78 Å². The monoisotopic (exact) mass is 218 g/mol. The van der Waals surface area contributed by atoms with Gasteiger partial charge in [-0.1, -0.05) is 26.3 Å². The Labute approximate surface area is 98.3 Å². The molecule has 3 atom stereocenters. The molecule has 3 aliphatic rings. The Morgan fingerprint density at radius 3 is 2.69 bits per heavy atom. The van der Waals surface area contributed by atoms with Crippen LogP contribution in [-0.4, -0.2) is 5.78 Å². The number of fused-ring (bicyclic) bond motifs is 4. The smallest absolute Gasteiger partial charge is 0.156 e. The van der Waals surface area contributed by atoms with E-state index in [2.05, 4.69) is 20.8 Å². The Balaban J connectivity index is 1.96. The maximum absolute atomic E-state index is 11.8. The summed E-state index contributed by atoms with van der Waals surface area (Å²) in [5.41, 5.74) is 2.29. The lowest BCUT2D eigenvalue weighted by atomic mass is 9.53. The van der Waals surface area contributed by atoms with Gasteiger partial charge in [0.25, 0.3) is 0 Å². The molecule has 0 aromatic carbocycles. The van der Waals surface area contributed by atoms with Crippen molar-refractivity contribution in [1.29, 1.82) is 0 Å². The highest BCUT2D eigenvalue weighted by molar-refractivity contribution is 5.92. The molecule has 0 heterocycles. The first-order chi connectivity index (χ1) is 7.40. The Morgan fingerprint density at radius 2 is 2.00 bits per heavy atom. The van der Waals surface area contributed by atoms with Crippen molar-refractivity contribution in [3.63, 3.8) is 0 Å². The fraction of sp³-hybridized carbons (Fsp3) is 0.800. The summed E-state index contributed by atoms with van der Waals surface area (Å²) >= 11 is 0. The topological polar surface area (TPSA) is 17.1 Å². The lowest BCUT2D eigenvalue weighted by molar-refractivity contribution is -0.117. The highest BCUT2D eigenvalue weighted by atomic mass is 16.1. The van der Waals surface area contributed by atoms with E-state index in [1.165, 1.54) is 31.3 Å². The summed E-state index contributed by atoms with van der Waals surface area (Å²) in [7, 11) is 0. The van der Waals surface area contributed by atoms with Gasteiger partial charge >= 0.3 is 0 Å². The molecule has 0 aromatic heterocycles. The van der Waals surface area contributed by atoms with Gasteiger partial charge in [-0.15, -0.1) is 0 Å². The third-order valence-electron chi connectivity index (χ3n) is 5.35. The summed E-state index contributed by atoms with van der Waals surface area (Å²) in [6.07, 6.45) is 7.85. The van der Waals surface area contributed by atoms with E-state index in [-0.39, 0.29) is 5.41 Å². The number of carbonyl (C=O) groups is 1. The summed E-state index contributed by atoms with van der Waals surface area (Å²) < 4.78 is 0. The number of hydrogen-bond acceptors (Lipinski definition) is 1. The van der Waals surface area contributed by atoms with Crippen LogP contribution in [-0.2, 0) is 4.79 Å². The van der Waals surface area contributed by atoms with Gasteiger partial charge < -0.3 is 0 Å². The Bertz CT molecular complexity index is 377. The molecular weight excluding hydrogens is 196 g/mol. The first kappa shape index (κ1) is 10.6. The molecule has 88 valence electrons. The van der Waals surface area contributed by atoms with Crippen molar-refractivity contribution in [1.82, 2.24) is 0 Å². The van der Waals surface area contributed by atoms with Crippen LogP contribution < -0.4 is 0 Å². The molecule has 3 aliphatic carbocycles. The van der Waals surface area contributed by atoms with E-state index >= 15 is 0 Å². The maximum Gasteiger partial charge on any atom is 0.156 e. The van der Waals surface area contributed by atoms with Crippen molar-refractivity contribution in [2.24, 2.45) is 22.7 Å². The minimum Gasteiger partial charge on any atom is -0.295 e. The lowest BCUT2D eigenvalue weighted by Crippen LogP contribution is -2.44. The van der Waals surface area contributed by atoms with Crippen LogP contribution in [0.3, 0.4) is 0 Å². The zero-order valence-electron chi connectivity index (χ0n) is 10.7. The van der Waals surface area contributed by atoms with Gasteiger partial charge in [0.05, 0.1) is 0 Å². The molecule has 1 nitrogen and oxygen atoms in total. The van der Waals surface area contributed by atoms with Crippen LogP contribution in [0, 0.1) is 22.7 Å². The average Bonchev–Trinajstić information content (AvgIpc) is 2.19. The third kappa shape index (κ3) is 1.40. The van der Waals surface area contributed by atoms with Gasteiger partial charge in [0, 0.05) is 6.42 Å². The zero-order chi connectivity index (χ0) is 11.6. The predicted molar refractivity (Wildman–Crippen MR) is 65.0 cm³/mol. The third-order valence-corrected chi connectivity index (χ3v) is 5.35. The maximum atomic E-state index is 11.8. The van der Waals surface area contributed by atoms with Crippen molar-refractivity contribution in [2.45, 2.75) is 52.9 Å². The number of hydrogen-bond donors (Lipinski definition) is 0. The van der Waals surface area contributed by atoms with Gasteiger partial charge in [0.2, 0.25) is 0 Å². The van der Waals surface area contributed by atoms with Crippen molar-refractivity contribution in [3.8, 4) is 0 Å². The summed E-state index contributed by atoms with van der Waals surface area (Å²) in [6.45, 7) is 7.11. The van der Waals surface area contributed by atoms with Crippen LogP contribution in [0.25, 0.3) is 0 Å². The van der Waals surface area contributed by atoms with Gasteiger partial charge in [0.1, 0.15) is 0 Å². The van der Waals surface area contributed by atoms with Crippen LogP contribution in [0.2, 0.25) is 0 Å². The molecule has 2 saturated carbocycles. The second-order valence-electron chi connectivity index (χ2n) is 7.29. The van der Waals surface area contributed by atoms with Crippen molar-refractivity contribution in [2.75, 3.05) is 0 Å². The van der Waals surface area contributed by atoms with Gasteiger partial charge in [-0.3, -0.25) is 4.79 Å². The average molecular weight is 218 g/mol. The molecule has 2 bridgehead atoms. The highest BCUT2D eigenvalue weighted by Crippen LogP contribution is 2.61. The standard InChI is InChI=1S/C15H22O/c1-14(2)9-12-10-6-11(16)8-15(3,7-10)5-4-13(12)14/h6,12-13H,4-5,7-9H2,1-3H3/t12-,13+,15?/m1/s1. The van der Waals surface area contributed by atoms with Gasteiger partial charge in [-0.05, 0) is 54.4 Å². The summed E-state index contributed by atoms with van der Waals surface area (Å²) in [6, 6.07) is 0. The molecule has 0 radical (unpaired) electrons. The molecule has 2 fully saturated rings. The molecule has 3 rings (SSSR count). The normalized spacial score (nSPS) is 45.2. The van der Waals surface area contributed by atoms with Crippen LogP contribution in [0.4, 0.5) is 0 Å². The summed E-state index contributed by atoms with van der Waals surface area (Å²) in [5.74, 6) is 1.96. The minimum absolute atomic E-state index is 0.286. The van der Waals surface area contributed by atoms with Crippen molar-refractivity contribution < 1.29 is 4.79 Å². The molecule has 0 aliphatic heterocycles. The fourth-order valence-electron chi connectivity index (χ4n) is 4.43. The predicted octanol–water partition coefficient (Wildman–Crippen LogP) is 3.74. The van der Waals surface area contributed by atoms with Crippen LogP contribution in [0.15, 0.2) is 11.6 Å². The van der Waals surface area contributed by atoms with Gasteiger partial charge in [-0.25, -0.2) is 0 Å². The highest BCUT2D eigenvalue weighted by Gasteiger charge is 2.52.